The maximum absolute atomic E-state index is 13.3. The molecule has 0 atom stereocenters. The first kappa shape index (κ1) is 12.5. The van der Waals surface area contributed by atoms with E-state index in [1.54, 1.807) is 13.0 Å². The van der Waals surface area contributed by atoms with Gasteiger partial charge in [-0.3, -0.25) is 9.36 Å². The van der Waals surface area contributed by atoms with Gasteiger partial charge in [-0.25, -0.2) is 13.8 Å². The Labute approximate surface area is 113 Å². The predicted octanol–water partition coefficient (Wildman–Crippen LogP) is 2.97. The Balaban J connectivity index is 2.39. The minimum Gasteiger partial charge on any atom is -0.268 e. The van der Waals surface area contributed by atoms with E-state index in [4.69, 9.17) is 0 Å². The highest BCUT2D eigenvalue weighted by atomic mass is 19.1. The van der Waals surface area contributed by atoms with Crippen molar-refractivity contribution in [3.8, 4) is 5.69 Å². The number of benzene rings is 2. The summed E-state index contributed by atoms with van der Waals surface area (Å²) >= 11 is 0. The van der Waals surface area contributed by atoms with Gasteiger partial charge in [-0.05, 0) is 43.3 Å². The van der Waals surface area contributed by atoms with Crippen molar-refractivity contribution in [1.29, 1.82) is 0 Å². The largest absolute Gasteiger partial charge is 0.268 e. The van der Waals surface area contributed by atoms with Gasteiger partial charge in [0, 0.05) is 0 Å². The molecule has 0 spiro atoms. The lowest BCUT2D eigenvalue weighted by molar-refractivity contribution is 0.625. The molecule has 0 bridgehead atoms. The van der Waals surface area contributed by atoms with Crippen molar-refractivity contribution in [3.63, 3.8) is 0 Å². The smallest absolute Gasteiger partial charge is 0.266 e. The molecule has 0 aliphatic rings. The maximum atomic E-state index is 13.3. The predicted molar refractivity (Wildman–Crippen MR) is 72.0 cm³/mol. The van der Waals surface area contributed by atoms with Crippen LogP contribution in [0.3, 0.4) is 0 Å². The molecule has 3 rings (SSSR count). The Morgan fingerprint density at radius 3 is 2.55 bits per heavy atom. The van der Waals surface area contributed by atoms with Gasteiger partial charge in [0.25, 0.3) is 5.56 Å². The fourth-order valence-corrected chi connectivity index (χ4v) is 2.19. The van der Waals surface area contributed by atoms with Gasteiger partial charge in [0.1, 0.15) is 17.5 Å². The molecule has 2 aromatic carbocycles. The topological polar surface area (TPSA) is 34.9 Å². The molecular weight excluding hydrogens is 262 g/mol. The summed E-state index contributed by atoms with van der Waals surface area (Å²) in [4.78, 5) is 16.7. The van der Waals surface area contributed by atoms with E-state index < -0.39 is 17.2 Å². The van der Waals surface area contributed by atoms with Gasteiger partial charge in [0.2, 0.25) is 0 Å². The summed E-state index contributed by atoms with van der Waals surface area (Å²) in [6.45, 7) is 1.65. The second-order valence-electron chi connectivity index (χ2n) is 4.44. The molecule has 0 aliphatic heterocycles. The molecular formula is C15H10F2N2O. The summed E-state index contributed by atoms with van der Waals surface area (Å²) in [5.74, 6) is -0.543. The molecule has 0 saturated heterocycles. The molecule has 0 aliphatic carbocycles. The van der Waals surface area contributed by atoms with Gasteiger partial charge in [-0.2, -0.15) is 0 Å². The number of aromatic nitrogens is 2. The van der Waals surface area contributed by atoms with Crippen LogP contribution in [0.4, 0.5) is 8.78 Å². The van der Waals surface area contributed by atoms with Crippen molar-refractivity contribution in [3.05, 3.63) is 70.3 Å². The molecule has 100 valence electrons. The summed E-state index contributed by atoms with van der Waals surface area (Å²) in [7, 11) is 0. The first-order chi connectivity index (χ1) is 9.56. The Kier molecular flexibility index (Phi) is 2.82. The SMILES string of the molecule is Cc1nc2ccc(F)cc2c(=O)n1-c1cccc(F)c1. The minimum atomic E-state index is -0.508. The standard InChI is InChI=1S/C15H10F2N2O/c1-9-18-14-6-5-11(17)8-13(14)15(20)19(9)12-4-2-3-10(16)7-12/h2-8H,1H3. The van der Waals surface area contributed by atoms with Crippen LogP contribution in [0.15, 0.2) is 47.3 Å². The van der Waals surface area contributed by atoms with Crippen molar-refractivity contribution in [2.24, 2.45) is 0 Å². The Bertz CT molecular complexity index is 871. The Morgan fingerprint density at radius 1 is 1.05 bits per heavy atom. The number of fused-ring (bicyclic) bond motifs is 1. The molecule has 0 fully saturated rings. The Hall–Kier alpha value is -2.56. The number of aryl methyl sites for hydroxylation is 1. The molecule has 5 heteroatoms. The zero-order valence-electron chi connectivity index (χ0n) is 10.6. The number of nitrogens with zero attached hydrogens (tertiary/aromatic N) is 2. The highest BCUT2D eigenvalue weighted by Crippen LogP contribution is 2.14. The van der Waals surface area contributed by atoms with E-state index in [0.29, 0.717) is 17.0 Å². The van der Waals surface area contributed by atoms with Gasteiger partial charge in [0.15, 0.2) is 0 Å². The molecule has 1 aromatic heterocycles. The normalized spacial score (nSPS) is 10.9. The molecule has 0 radical (unpaired) electrons. The highest BCUT2D eigenvalue weighted by Gasteiger charge is 2.11. The van der Waals surface area contributed by atoms with E-state index in [1.807, 2.05) is 0 Å². The van der Waals surface area contributed by atoms with Crippen LogP contribution in [0, 0.1) is 18.6 Å². The van der Waals surface area contributed by atoms with Crippen LogP contribution in [0.25, 0.3) is 16.6 Å². The van der Waals surface area contributed by atoms with E-state index in [1.165, 1.54) is 34.9 Å². The van der Waals surface area contributed by atoms with Crippen molar-refractivity contribution >= 4 is 10.9 Å². The monoisotopic (exact) mass is 272 g/mol. The van der Waals surface area contributed by atoms with Gasteiger partial charge in [-0.15, -0.1) is 0 Å². The first-order valence-electron chi connectivity index (χ1n) is 6.01. The number of hydrogen-bond acceptors (Lipinski definition) is 2. The molecule has 20 heavy (non-hydrogen) atoms. The van der Waals surface area contributed by atoms with Gasteiger partial charge >= 0.3 is 0 Å². The van der Waals surface area contributed by atoms with Crippen LogP contribution in [-0.4, -0.2) is 9.55 Å². The second-order valence-corrected chi connectivity index (χ2v) is 4.44. The summed E-state index contributed by atoms with van der Waals surface area (Å²) < 4.78 is 27.8. The van der Waals surface area contributed by atoms with Gasteiger partial charge < -0.3 is 0 Å². The van der Waals surface area contributed by atoms with Crippen LogP contribution < -0.4 is 5.56 Å². The third-order valence-corrected chi connectivity index (χ3v) is 3.06. The molecule has 0 amide bonds. The lowest BCUT2D eigenvalue weighted by atomic mass is 10.2. The lowest BCUT2D eigenvalue weighted by Crippen LogP contribution is -2.22. The average Bonchev–Trinajstić information content (AvgIpc) is 2.40. The molecule has 1 heterocycles. The first-order valence-corrected chi connectivity index (χ1v) is 6.01. The second kappa shape index (κ2) is 4.52. The third-order valence-electron chi connectivity index (χ3n) is 3.06. The fraction of sp³-hybridized carbons (Fsp3) is 0.0667. The summed E-state index contributed by atoms with van der Waals surface area (Å²) in [6.07, 6.45) is 0. The summed E-state index contributed by atoms with van der Waals surface area (Å²) in [5.41, 5.74) is 0.366. The molecule has 0 unspecified atom stereocenters. The van der Waals surface area contributed by atoms with Crippen molar-refractivity contribution in [2.75, 3.05) is 0 Å². The minimum absolute atomic E-state index is 0.167. The zero-order valence-corrected chi connectivity index (χ0v) is 10.6. The number of hydrogen-bond donors (Lipinski definition) is 0. The fourth-order valence-electron chi connectivity index (χ4n) is 2.19. The molecule has 3 aromatic rings. The zero-order chi connectivity index (χ0) is 14.3. The van der Waals surface area contributed by atoms with Crippen LogP contribution in [-0.2, 0) is 0 Å². The van der Waals surface area contributed by atoms with E-state index >= 15 is 0 Å². The summed E-state index contributed by atoms with van der Waals surface area (Å²) in [6, 6.07) is 9.48. The van der Waals surface area contributed by atoms with Crippen molar-refractivity contribution in [2.45, 2.75) is 6.92 Å². The third kappa shape index (κ3) is 1.97. The average molecular weight is 272 g/mol. The van der Waals surface area contributed by atoms with Crippen LogP contribution in [0.5, 0.6) is 0 Å². The van der Waals surface area contributed by atoms with Crippen molar-refractivity contribution < 1.29 is 8.78 Å². The van der Waals surface area contributed by atoms with E-state index in [2.05, 4.69) is 4.98 Å². The highest BCUT2D eigenvalue weighted by molar-refractivity contribution is 5.78. The van der Waals surface area contributed by atoms with Gasteiger partial charge in [0.05, 0.1) is 16.6 Å². The Morgan fingerprint density at radius 2 is 1.80 bits per heavy atom. The van der Waals surface area contributed by atoms with E-state index in [0.717, 1.165) is 6.07 Å². The van der Waals surface area contributed by atoms with Gasteiger partial charge in [-0.1, -0.05) is 6.07 Å². The lowest BCUT2D eigenvalue weighted by Gasteiger charge is -2.10. The van der Waals surface area contributed by atoms with E-state index in [9.17, 15) is 13.6 Å². The summed E-state index contributed by atoms with van der Waals surface area (Å²) in [5, 5.41) is 0.167. The number of halogens is 2. The quantitative estimate of drug-likeness (QED) is 0.682. The number of rotatable bonds is 1. The van der Waals surface area contributed by atoms with E-state index in [-0.39, 0.29) is 5.39 Å². The van der Waals surface area contributed by atoms with Crippen LogP contribution in [0.1, 0.15) is 5.82 Å². The molecule has 0 saturated carbocycles. The molecule has 3 nitrogen and oxygen atoms in total. The van der Waals surface area contributed by atoms with Crippen molar-refractivity contribution in [1.82, 2.24) is 9.55 Å². The van der Waals surface area contributed by atoms with Crippen LogP contribution >= 0.6 is 0 Å². The van der Waals surface area contributed by atoms with Crippen LogP contribution in [0.2, 0.25) is 0 Å². The maximum Gasteiger partial charge on any atom is 0.266 e. The molecule has 0 N–H and O–H groups in total.